The summed E-state index contributed by atoms with van der Waals surface area (Å²) >= 11 is 3.58. The topological polar surface area (TPSA) is 77.5 Å². The van der Waals surface area contributed by atoms with Gasteiger partial charge < -0.3 is 19.9 Å². The van der Waals surface area contributed by atoms with Crippen molar-refractivity contribution in [2.45, 2.75) is 12.8 Å². The number of hydrogen-bond donors (Lipinski definition) is 1. The number of hydrogen-bond acceptors (Lipinski definition) is 5. The van der Waals surface area contributed by atoms with Gasteiger partial charge in [0, 0.05) is 10.9 Å². The number of allylic oxidation sites excluding steroid dienone is 1. The van der Waals surface area contributed by atoms with Crippen LogP contribution in [-0.4, -0.2) is 13.7 Å². The highest BCUT2D eigenvalue weighted by atomic mass is 79.9. The third-order valence-electron chi connectivity index (χ3n) is 4.98. The average Bonchev–Trinajstić information content (AvgIpc) is 2.74. The van der Waals surface area contributed by atoms with Gasteiger partial charge >= 0.3 is 0 Å². The summed E-state index contributed by atoms with van der Waals surface area (Å²) in [6.45, 7) is 2.42. The lowest BCUT2D eigenvalue weighted by Gasteiger charge is -2.28. The molecule has 1 heterocycles. The molecule has 3 aromatic carbocycles. The fourth-order valence-electron chi connectivity index (χ4n) is 3.72. The highest BCUT2D eigenvalue weighted by molar-refractivity contribution is 9.10. The molecule has 0 unspecified atom stereocenters. The van der Waals surface area contributed by atoms with Crippen molar-refractivity contribution < 1.29 is 14.2 Å². The molecule has 4 rings (SSSR count). The first-order chi connectivity index (χ1) is 14.1. The lowest BCUT2D eigenvalue weighted by Crippen LogP contribution is -2.21. The second-order valence-electron chi connectivity index (χ2n) is 6.60. The van der Waals surface area contributed by atoms with E-state index in [2.05, 4.69) is 22.0 Å². The van der Waals surface area contributed by atoms with Crippen LogP contribution < -0.4 is 19.9 Å². The molecule has 0 saturated carbocycles. The van der Waals surface area contributed by atoms with E-state index in [1.165, 1.54) is 0 Å². The van der Waals surface area contributed by atoms with Crippen LogP contribution in [0.25, 0.3) is 10.8 Å². The Kier molecular flexibility index (Phi) is 5.08. The maximum Gasteiger partial charge on any atom is 0.205 e. The molecule has 0 fully saturated rings. The predicted octanol–water partition coefficient (Wildman–Crippen LogP) is 5.23. The Balaban J connectivity index is 1.97. The van der Waals surface area contributed by atoms with Crippen LogP contribution in [-0.2, 0) is 0 Å². The van der Waals surface area contributed by atoms with Gasteiger partial charge in [0.15, 0.2) is 11.5 Å². The number of ether oxygens (including phenoxy) is 3. The molecule has 0 amide bonds. The molecule has 29 heavy (non-hydrogen) atoms. The van der Waals surface area contributed by atoms with Crippen molar-refractivity contribution in [2.75, 3.05) is 13.7 Å². The number of benzene rings is 3. The molecule has 146 valence electrons. The van der Waals surface area contributed by atoms with Gasteiger partial charge in [-0.15, -0.1) is 0 Å². The molecule has 0 bridgehead atoms. The molecule has 0 radical (unpaired) electrons. The van der Waals surface area contributed by atoms with Crippen molar-refractivity contribution in [3.63, 3.8) is 0 Å². The molecule has 0 saturated heterocycles. The second kappa shape index (κ2) is 7.69. The Hall–Kier alpha value is -3.17. The van der Waals surface area contributed by atoms with E-state index in [-0.39, 0.29) is 11.8 Å². The average molecular weight is 451 g/mol. The van der Waals surface area contributed by atoms with Crippen LogP contribution in [0.3, 0.4) is 0 Å². The zero-order valence-corrected chi connectivity index (χ0v) is 17.6. The standard InChI is InChI=1S/C23H19BrN2O3/c1-3-28-22-18(24)10-14(11-19(22)27-2)20-16-9-8-13-6-4-5-7-15(13)21(16)29-23(26)17(20)12-25/h4-11,20H,3,26H2,1-2H3/t20-/m0/s1. The molecule has 0 aromatic heterocycles. The summed E-state index contributed by atoms with van der Waals surface area (Å²) in [7, 11) is 1.59. The monoisotopic (exact) mass is 450 g/mol. The summed E-state index contributed by atoms with van der Waals surface area (Å²) in [6.07, 6.45) is 0. The Bertz CT molecular complexity index is 1180. The summed E-state index contributed by atoms with van der Waals surface area (Å²) in [6, 6.07) is 18.0. The molecule has 3 aromatic rings. The van der Waals surface area contributed by atoms with E-state index in [0.29, 0.717) is 29.4 Å². The second-order valence-corrected chi connectivity index (χ2v) is 7.45. The zero-order valence-electron chi connectivity index (χ0n) is 16.0. The van der Waals surface area contributed by atoms with Crippen LogP contribution in [0.5, 0.6) is 17.2 Å². The van der Waals surface area contributed by atoms with E-state index >= 15 is 0 Å². The van der Waals surface area contributed by atoms with Crippen molar-refractivity contribution in [3.8, 4) is 23.3 Å². The van der Waals surface area contributed by atoms with Crippen molar-refractivity contribution in [1.29, 1.82) is 5.26 Å². The van der Waals surface area contributed by atoms with E-state index in [4.69, 9.17) is 19.9 Å². The van der Waals surface area contributed by atoms with Crippen molar-refractivity contribution in [3.05, 3.63) is 75.6 Å². The van der Waals surface area contributed by atoms with E-state index in [9.17, 15) is 5.26 Å². The van der Waals surface area contributed by atoms with Crippen LogP contribution in [0.2, 0.25) is 0 Å². The predicted molar refractivity (Wildman–Crippen MR) is 115 cm³/mol. The highest BCUT2D eigenvalue weighted by Crippen LogP contribution is 2.48. The third kappa shape index (κ3) is 3.18. The van der Waals surface area contributed by atoms with Crippen LogP contribution in [0.15, 0.2) is 64.5 Å². The largest absolute Gasteiger partial charge is 0.493 e. The van der Waals surface area contributed by atoms with Gasteiger partial charge in [0.05, 0.1) is 24.1 Å². The number of nitriles is 1. The van der Waals surface area contributed by atoms with E-state index in [0.717, 1.165) is 26.4 Å². The van der Waals surface area contributed by atoms with E-state index in [1.54, 1.807) is 7.11 Å². The number of methoxy groups -OCH3 is 1. The van der Waals surface area contributed by atoms with Crippen LogP contribution in [0.1, 0.15) is 24.0 Å². The van der Waals surface area contributed by atoms with Gasteiger partial charge in [-0.1, -0.05) is 36.4 Å². The molecule has 1 aliphatic rings. The Labute approximate surface area is 177 Å². The van der Waals surface area contributed by atoms with E-state index in [1.807, 2.05) is 55.5 Å². The van der Waals surface area contributed by atoms with Gasteiger partial charge in [0.1, 0.15) is 17.4 Å². The van der Waals surface area contributed by atoms with Crippen LogP contribution >= 0.6 is 15.9 Å². The van der Waals surface area contributed by atoms with Crippen LogP contribution in [0, 0.1) is 11.3 Å². The molecule has 0 aliphatic carbocycles. The quantitative estimate of drug-likeness (QED) is 0.588. The molecular weight excluding hydrogens is 432 g/mol. The molecule has 5 nitrogen and oxygen atoms in total. The summed E-state index contributed by atoms with van der Waals surface area (Å²) in [5.74, 6) is 1.62. The number of halogens is 1. The Morgan fingerprint density at radius 3 is 2.72 bits per heavy atom. The smallest absolute Gasteiger partial charge is 0.205 e. The van der Waals surface area contributed by atoms with Gasteiger partial charge in [-0.05, 0) is 45.9 Å². The molecule has 1 atom stereocenters. The number of rotatable bonds is 4. The normalized spacial score (nSPS) is 15.4. The van der Waals surface area contributed by atoms with E-state index < -0.39 is 0 Å². The zero-order chi connectivity index (χ0) is 20.5. The molecule has 6 heteroatoms. The van der Waals surface area contributed by atoms with Gasteiger partial charge in [-0.3, -0.25) is 0 Å². The minimum atomic E-state index is -0.380. The van der Waals surface area contributed by atoms with Crippen molar-refractivity contribution in [2.24, 2.45) is 5.73 Å². The molecule has 1 aliphatic heterocycles. The first kappa shape index (κ1) is 19.2. The molecular formula is C23H19BrN2O3. The summed E-state index contributed by atoms with van der Waals surface area (Å²) in [5.41, 5.74) is 8.28. The summed E-state index contributed by atoms with van der Waals surface area (Å²) < 4.78 is 17.9. The minimum absolute atomic E-state index is 0.116. The number of fused-ring (bicyclic) bond motifs is 3. The number of nitrogens with two attached hydrogens (primary N) is 1. The number of nitrogens with zero attached hydrogens (tertiary/aromatic N) is 1. The highest BCUT2D eigenvalue weighted by Gasteiger charge is 2.32. The Morgan fingerprint density at radius 2 is 2.00 bits per heavy atom. The maximum absolute atomic E-state index is 9.83. The third-order valence-corrected chi connectivity index (χ3v) is 5.57. The lowest BCUT2D eigenvalue weighted by molar-refractivity contribution is 0.308. The summed E-state index contributed by atoms with van der Waals surface area (Å²) in [5, 5.41) is 11.8. The maximum atomic E-state index is 9.83. The van der Waals surface area contributed by atoms with Crippen molar-refractivity contribution in [1.82, 2.24) is 0 Å². The van der Waals surface area contributed by atoms with Gasteiger partial charge in [-0.25, -0.2) is 0 Å². The SMILES string of the molecule is CCOc1c(Br)cc([C@@H]2C(C#N)=C(N)Oc3c2ccc2ccccc32)cc1OC. The van der Waals surface area contributed by atoms with Gasteiger partial charge in [-0.2, -0.15) is 5.26 Å². The molecule has 0 spiro atoms. The Morgan fingerprint density at radius 1 is 1.21 bits per heavy atom. The van der Waals surface area contributed by atoms with Gasteiger partial charge in [0.25, 0.3) is 0 Å². The first-order valence-electron chi connectivity index (χ1n) is 9.18. The minimum Gasteiger partial charge on any atom is -0.493 e. The summed E-state index contributed by atoms with van der Waals surface area (Å²) in [4.78, 5) is 0. The fourth-order valence-corrected chi connectivity index (χ4v) is 4.29. The first-order valence-corrected chi connectivity index (χ1v) is 9.97. The molecule has 2 N–H and O–H groups in total. The lowest BCUT2D eigenvalue weighted by atomic mass is 9.82. The van der Waals surface area contributed by atoms with Crippen molar-refractivity contribution >= 4 is 26.7 Å². The fraction of sp³-hybridized carbons (Fsp3) is 0.174. The van der Waals surface area contributed by atoms with Gasteiger partial charge in [0.2, 0.25) is 5.88 Å². The van der Waals surface area contributed by atoms with Crippen LogP contribution in [0.4, 0.5) is 0 Å².